The molecule has 4 aromatic carbocycles. The Morgan fingerprint density at radius 2 is 1.39 bits per heavy atom. The maximum Gasteiger partial charge on any atom is 0.262 e. The first-order valence-electron chi connectivity index (χ1n) is 12.9. The molecule has 0 radical (unpaired) electrons. The second kappa shape index (κ2) is 14.2. The fourth-order valence-electron chi connectivity index (χ4n) is 3.89. The molecule has 0 aromatic heterocycles. The Kier molecular flexibility index (Phi) is 10.2. The molecule has 9 nitrogen and oxygen atoms in total. The maximum atomic E-state index is 12.7. The van der Waals surface area contributed by atoms with Crippen molar-refractivity contribution in [1.82, 2.24) is 4.72 Å². The van der Waals surface area contributed by atoms with Crippen LogP contribution in [-0.4, -0.2) is 41.7 Å². The predicted molar refractivity (Wildman–Crippen MR) is 156 cm³/mol. The maximum absolute atomic E-state index is 12.7. The van der Waals surface area contributed by atoms with Gasteiger partial charge in [0.15, 0.2) is 18.1 Å². The third-order valence-corrected chi connectivity index (χ3v) is 7.52. The normalized spacial score (nSPS) is 11.0. The molecular weight excluding hydrogens is 544 g/mol. The quantitative estimate of drug-likeness (QED) is 0.221. The number of carbonyl (C=O) groups excluding carboxylic acids is 1. The number of anilines is 1. The van der Waals surface area contributed by atoms with E-state index in [-0.39, 0.29) is 24.0 Å². The molecule has 0 fully saturated rings. The molecule has 0 bridgehead atoms. The first-order chi connectivity index (χ1) is 19.9. The van der Waals surface area contributed by atoms with Gasteiger partial charge in [-0.3, -0.25) is 4.79 Å². The van der Waals surface area contributed by atoms with Crippen LogP contribution in [0.3, 0.4) is 0 Å². The molecule has 1 amide bonds. The summed E-state index contributed by atoms with van der Waals surface area (Å²) in [6, 6.07) is 28.2. The molecule has 0 heterocycles. The van der Waals surface area contributed by atoms with Crippen LogP contribution in [0.5, 0.6) is 23.0 Å². The topological polar surface area (TPSA) is 112 Å². The van der Waals surface area contributed by atoms with Gasteiger partial charge in [-0.1, -0.05) is 36.4 Å². The van der Waals surface area contributed by atoms with Gasteiger partial charge in [-0.2, -0.15) is 0 Å². The Morgan fingerprint density at radius 3 is 2.07 bits per heavy atom. The minimum absolute atomic E-state index is 0.0937. The third kappa shape index (κ3) is 8.72. The van der Waals surface area contributed by atoms with Crippen LogP contribution < -0.4 is 29.0 Å². The highest BCUT2D eigenvalue weighted by Crippen LogP contribution is 2.27. The minimum Gasteiger partial charge on any atom is -0.493 e. The van der Waals surface area contributed by atoms with E-state index < -0.39 is 10.0 Å². The summed E-state index contributed by atoms with van der Waals surface area (Å²) in [7, 11) is -0.618. The lowest BCUT2D eigenvalue weighted by molar-refractivity contribution is -0.118. The zero-order valence-corrected chi connectivity index (χ0v) is 23.6. The number of amides is 1. The lowest BCUT2D eigenvalue weighted by atomic mass is 10.1. The van der Waals surface area contributed by atoms with Crippen LogP contribution in [0.25, 0.3) is 0 Å². The van der Waals surface area contributed by atoms with Crippen LogP contribution in [0, 0.1) is 0 Å². The number of hydrogen-bond acceptors (Lipinski definition) is 7. The van der Waals surface area contributed by atoms with Crippen molar-refractivity contribution in [1.29, 1.82) is 0 Å². The molecule has 2 N–H and O–H groups in total. The summed E-state index contributed by atoms with van der Waals surface area (Å²) >= 11 is 0. The second-order valence-corrected chi connectivity index (χ2v) is 10.7. The molecule has 0 atom stereocenters. The molecule has 0 unspecified atom stereocenters. The Bertz CT molecular complexity index is 1530. The zero-order valence-electron chi connectivity index (χ0n) is 22.8. The number of hydrogen-bond donors (Lipinski definition) is 2. The fourth-order valence-corrected chi connectivity index (χ4v) is 4.92. The number of sulfonamides is 1. The Balaban J connectivity index is 1.21. The van der Waals surface area contributed by atoms with Gasteiger partial charge in [0.1, 0.15) is 18.1 Å². The van der Waals surface area contributed by atoms with E-state index in [9.17, 15) is 13.2 Å². The molecule has 0 saturated heterocycles. The van der Waals surface area contributed by atoms with Crippen molar-refractivity contribution in [3.8, 4) is 23.0 Å². The Hall–Kier alpha value is -4.54. The van der Waals surface area contributed by atoms with Gasteiger partial charge in [-0.05, 0) is 78.2 Å². The monoisotopic (exact) mass is 576 g/mol. The first-order valence-corrected chi connectivity index (χ1v) is 14.3. The van der Waals surface area contributed by atoms with Crippen LogP contribution in [-0.2, 0) is 27.8 Å². The average molecular weight is 577 g/mol. The van der Waals surface area contributed by atoms with Crippen LogP contribution in [0.4, 0.5) is 5.69 Å². The van der Waals surface area contributed by atoms with Crippen molar-refractivity contribution in [2.45, 2.75) is 17.9 Å². The summed E-state index contributed by atoms with van der Waals surface area (Å²) in [6.45, 7) is 0.425. The number of ether oxygens (including phenoxy) is 4. The third-order valence-electron chi connectivity index (χ3n) is 6.04. The summed E-state index contributed by atoms with van der Waals surface area (Å²) in [4.78, 5) is 12.4. The molecule has 0 saturated carbocycles. The van der Waals surface area contributed by atoms with E-state index in [1.807, 2.05) is 42.5 Å². The van der Waals surface area contributed by atoms with E-state index >= 15 is 0 Å². The number of rotatable bonds is 14. The van der Waals surface area contributed by atoms with Crippen LogP contribution in [0.15, 0.2) is 102 Å². The lowest BCUT2D eigenvalue weighted by Crippen LogP contribution is -2.26. The minimum atomic E-state index is -3.72. The van der Waals surface area contributed by atoms with E-state index in [1.54, 1.807) is 44.6 Å². The summed E-state index contributed by atoms with van der Waals surface area (Å²) in [5.74, 6) is 1.90. The largest absolute Gasteiger partial charge is 0.493 e. The molecule has 0 aliphatic rings. The Morgan fingerprint density at radius 1 is 0.732 bits per heavy atom. The highest BCUT2D eigenvalue weighted by Gasteiger charge is 2.14. The molecule has 0 aliphatic carbocycles. The predicted octanol–water partition coefficient (Wildman–Crippen LogP) is 4.82. The van der Waals surface area contributed by atoms with Gasteiger partial charge in [0, 0.05) is 12.2 Å². The number of benzene rings is 4. The fraction of sp³-hybridized carbons (Fsp3) is 0.194. The van der Waals surface area contributed by atoms with Crippen molar-refractivity contribution >= 4 is 21.6 Å². The van der Waals surface area contributed by atoms with E-state index in [4.69, 9.17) is 18.9 Å². The molecule has 4 aromatic rings. The lowest BCUT2D eigenvalue weighted by Gasteiger charge is -2.11. The van der Waals surface area contributed by atoms with Crippen LogP contribution in [0.2, 0.25) is 0 Å². The van der Waals surface area contributed by atoms with Gasteiger partial charge in [0.25, 0.3) is 5.91 Å². The molecule has 10 heteroatoms. The standard InChI is InChI=1S/C31H32N2O7S/c1-37-29-17-8-23(20-30(29)38-2)18-19-32-41(35,36)28-15-13-27(14-16-28)40-22-31(34)33-25-9-11-26(12-10-25)39-21-24-6-4-3-5-7-24/h3-17,20,32H,18-19,21-22H2,1-2H3,(H,33,34). The van der Waals surface area contributed by atoms with Gasteiger partial charge >= 0.3 is 0 Å². The molecule has 41 heavy (non-hydrogen) atoms. The summed E-state index contributed by atoms with van der Waals surface area (Å²) in [5, 5.41) is 2.76. The van der Waals surface area contributed by atoms with Crippen molar-refractivity contribution < 1.29 is 32.2 Å². The van der Waals surface area contributed by atoms with Crippen molar-refractivity contribution in [3.63, 3.8) is 0 Å². The van der Waals surface area contributed by atoms with Gasteiger partial charge in [0.05, 0.1) is 19.1 Å². The molecule has 0 spiro atoms. The van der Waals surface area contributed by atoms with E-state index in [0.717, 1.165) is 11.1 Å². The van der Waals surface area contributed by atoms with Crippen LogP contribution in [0.1, 0.15) is 11.1 Å². The summed E-state index contributed by atoms with van der Waals surface area (Å²) in [6.07, 6.45) is 0.472. The smallest absolute Gasteiger partial charge is 0.262 e. The highest BCUT2D eigenvalue weighted by molar-refractivity contribution is 7.89. The van der Waals surface area contributed by atoms with Crippen molar-refractivity contribution in [2.24, 2.45) is 0 Å². The molecule has 0 aliphatic heterocycles. The SMILES string of the molecule is COc1ccc(CCNS(=O)(=O)c2ccc(OCC(=O)Nc3ccc(OCc4ccccc4)cc3)cc2)cc1OC. The average Bonchev–Trinajstić information content (AvgIpc) is 3.00. The number of nitrogens with one attached hydrogen (secondary N) is 2. The van der Waals surface area contributed by atoms with Gasteiger partial charge in [-0.25, -0.2) is 13.1 Å². The summed E-state index contributed by atoms with van der Waals surface area (Å²) in [5.41, 5.74) is 2.57. The Labute approximate surface area is 240 Å². The molecule has 214 valence electrons. The first kappa shape index (κ1) is 29.4. The van der Waals surface area contributed by atoms with E-state index in [2.05, 4.69) is 10.0 Å². The van der Waals surface area contributed by atoms with Gasteiger partial charge in [-0.15, -0.1) is 0 Å². The zero-order chi connectivity index (χ0) is 29.1. The van der Waals surface area contributed by atoms with E-state index in [1.165, 1.54) is 24.3 Å². The van der Waals surface area contributed by atoms with Crippen LogP contribution >= 0.6 is 0 Å². The number of carbonyl (C=O) groups is 1. The van der Waals surface area contributed by atoms with Gasteiger partial charge < -0.3 is 24.3 Å². The van der Waals surface area contributed by atoms with Crippen molar-refractivity contribution in [3.05, 3.63) is 108 Å². The second-order valence-electron chi connectivity index (χ2n) is 8.94. The molecular formula is C31H32N2O7S. The number of methoxy groups -OCH3 is 2. The molecule has 4 rings (SSSR count). The van der Waals surface area contributed by atoms with Crippen molar-refractivity contribution in [2.75, 3.05) is 32.7 Å². The highest BCUT2D eigenvalue weighted by atomic mass is 32.2. The van der Waals surface area contributed by atoms with E-state index in [0.29, 0.717) is 41.7 Å². The van der Waals surface area contributed by atoms with Gasteiger partial charge in [0.2, 0.25) is 10.0 Å². The summed E-state index contributed by atoms with van der Waals surface area (Å²) < 4.78 is 49.8.